The van der Waals surface area contributed by atoms with Gasteiger partial charge in [0.1, 0.15) is 0 Å². The van der Waals surface area contributed by atoms with Gasteiger partial charge in [-0.3, -0.25) is 0 Å². The van der Waals surface area contributed by atoms with Crippen LogP contribution in [-0.4, -0.2) is 43.7 Å². The number of aliphatic hydroxyl groups excluding tert-OH is 1. The van der Waals surface area contributed by atoms with Crippen molar-refractivity contribution in [2.75, 3.05) is 5.75 Å². The molecule has 4 atom stereocenters. The maximum Gasteiger partial charge on any atom is 0.355 e. The van der Waals surface area contributed by atoms with Gasteiger partial charge in [-0.1, -0.05) is 23.9 Å². The molecule has 1 aromatic rings. The number of carboxylic acid groups (broad SMARTS) is 1. The zero-order valence-electron chi connectivity index (χ0n) is 16.6. The Balaban J connectivity index is 1.82. The molecule has 1 heterocycles. The zero-order valence-corrected chi connectivity index (χ0v) is 18.2. The van der Waals surface area contributed by atoms with Gasteiger partial charge in [-0.05, 0) is 50.9 Å². The molecule has 0 radical (unpaired) electrons. The minimum absolute atomic E-state index is 0.0286. The minimum Gasteiger partial charge on any atom is -0.476 e. The zero-order chi connectivity index (χ0) is 22.3. The standard InChI is InChI=1S/C20H26F3NO4S2/c1-20(28,9-6-14(21)17(22)23)8-2-3-12-4-5-16(25)13(12)7-10-29-19-24-15(11-30-19)18(26)27/h2-3,11-13,16,25,28H,4-10H2,1H3,(H,26,27)/b3-2+/t12-,13+,16-,20?/m0/s1. The second-order valence-electron chi connectivity index (χ2n) is 7.71. The number of hydrogen-bond donors (Lipinski definition) is 3. The van der Waals surface area contributed by atoms with Crippen LogP contribution in [-0.2, 0) is 0 Å². The van der Waals surface area contributed by atoms with Crippen LogP contribution < -0.4 is 0 Å². The molecule has 3 N–H and O–H groups in total. The first-order chi connectivity index (χ1) is 14.1. The second-order valence-corrected chi connectivity index (χ2v) is 9.91. The van der Waals surface area contributed by atoms with Crippen LogP contribution in [0.1, 0.15) is 55.9 Å². The van der Waals surface area contributed by atoms with Crippen molar-refractivity contribution in [1.29, 1.82) is 0 Å². The topological polar surface area (TPSA) is 90.7 Å². The van der Waals surface area contributed by atoms with Crippen molar-refractivity contribution in [3.8, 4) is 0 Å². The molecule has 0 amide bonds. The van der Waals surface area contributed by atoms with Crippen molar-refractivity contribution < 1.29 is 33.3 Å². The van der Waals surface area contributed by atoms with Gasteiger partial charge in [0.05, 0.1) is 11.7 Å². The molecule has 1 unspecified atom stereocenters. The molecule has 1 aromatic heterocycles. The predicted octanol–water partition coefficient (Wildman–Crippen LogP) is 5.27. The van der Waals surface area contributed by atoms with E-state index in [0.717, 1.165) is 12.8 Å². The summed E-state index contributed by atoms with van der Waals surface area (Å²) in [4.78, 5) is 14.9. The van der Waals surface area contributed by atoms with Gasteiger partial charge in [0, 0.05) is 17.6 Å². The number of halogens is 3. The van der Waals surface area contributed by atoms with E-state index in [-0.39, 0.29) is 30.4 Å². The van der Waals surface area contributed by atoms with E-state index >= 15 is 0 Å². The first-order valence-corrected chi connectivity index (χ1v) is 11.5. The number of thiazole rings is 1. The third-order valence-electron chi connectivity index (χ3n) is 5.25. The maximum absolute atomic E-state index is 12.9. The number of allylic oxidation sites excluding steroid dienone is 2. The molecule has 10 heteroatoms. The highest BCUT2D eigenvalue weighted by molar-refractivity contribution is 8.01. The van der Waals surface area contributed by atoms with E-state index in [0.29, 0.717) is 16.5 Å². The minimum atomic E-state index is -2.35. The van der Waals surface area contributed by atoms with E-state index in [1.165, 1.54) is 35.4 Å². The highest BCUT2D eigenvalue weighted by Crippen LogP contribution is 2.37. The van der Waals surface area contributed by atoms with E-state index in [9.17, 15) is 28.2 Å². The van der Waals surface area contributed by atoms with Crippen LogP contribution >= 0.6 is 23.1 Å². The van der Waals surface area contributed by atoms with E-state index in [2.05, 4.69) is 4.98 Å². The average Bonchev–Trinajstić information content (AvgIpc) is 3.28. The molecular formula is C20H26F3NO4S2. The third-order valence-corrected chi connectivity index (χ3v) is 7.30. The van der Waals surface area contributed by atoms with E-state index in [4.69, 9.17) is 5.11 Å². The molecule has 0 bridgehead atoms. The van der Waals surface area contributed by atoms with Crippen molar-refractivity contribution in [3.05, 3.63) is 35.1 Å². The molecule has 5 nitrogen and oxygen atoms in total. The molecule has 1 fully saturated rings. The normalized spacial score (nSPS) is 23.6. The summed E-state index contributed by atoms with van der Waals surface area (Å²) in [6.45, 7) is 1.48. The van der Waals surface area contributed by atoms with Crippen LogP contribution in [0.3, 0.4) is 0 Å². The lowest BCUT2D eigenvalue weighted by atomic mass is 9.90. The molecule has 0 aromatic carbocycles. The molecule has 0 aliphatic heterocycles. The van der Waals surface area contributed by atoms with Crippen LogP contribution in [0.5, 0.6) is 0 Å². The molecule has 1 saturated carbocycles. The first kappa shape index (κ1) is 24.9. The summed E-state index contributed by atoms with van der Waals surface area (Å²) in [7, 11) is 0. The van der Waals surface area contributed by atoms with Crippen LogP contribution in [0.4, 0.5) is 13.2 Å². The molecule has 0 saturated heterocycles. The van der Waals surface area contributed by atoms with Gasteiger partial charge < -0.3 is 15.3 Å². The van der Waals surface area contributed by atoms with E-state index < -0.39 is 36.0 Å². The Bertz CT molecular complexity index is 778. The number of aromatic carboxylic acids is 1. The Kier molecular flexibility index (Phi) is 9.39. The van der Waals surface area contributed by atoms with Crippen molar-refractivity contribution >= 4 is 29.1 Å². The fourth-order valence-electron chi connectivity index (χ4n) is 3.50. The number of carbonyl (C=O) groups is 1. The summed E-state index contributed by atoms with van der Waals surface area (Å²) in [6.07, 6.45) is 2.73. The molecule has 1 aliphatic carbocycles. The molecular weight excluding hydrogens is 439 g/mol. The number of thioether (sulfide) groups is 1. The van der Waals surface area contributed by atoms with Gasteiger partial charge in [-0.15, -0.1) is 11.3 Å². The summed E-state index contributed by atoms with van der Waals surface area (Å²) in [5.41, 5.74) is -1.26. The van der Waals surface area contributed by atoms with Crippen LogP contribution in [0.15, 0.2) is 33.8 Å². The first-order valence-electron chi connectivity index (χ1n) is 9.67. The van der Waals surface area contributed by atoms with Crippen LogP contribution in [0.25, 0.3) is 0 Å². The summed E-state index contributed by atoms with van der Waals surface area (Å²) in [5.74, 6) is -1.69. The Morgan fingerprint density at radius 3 is 2.77 bits per heavy atom. The van der Waals surface area contributed by atoms with Gasteiger partial charge >= 0.3 is 12.0 Å². The van der Waals surface area contributed by atoms with Gasteiger partial charge in [0.2, 0.25) is 0 Å². The summed E-state index contributed by atoms with van der Waals surface area (Å²) < 4.78 is 37.9. The Morgan fingerprint density at radius 1 is 1.40 bits per heavy atom. The monoisotopic (exact) mass is 465 g/mol. The smallest absolute Gasteiger partial charge is 0.355 e. The lowest BCUT2D eigenvalue weighted by Crippen LogP contribution is -2.23. The van der Waals surface area contributed by atoms with Crippen molar-refractivity contribution in [1.82, 2.24) is 4.98 Å². The number of aliphatic hydroxyl groups is 2. The largest absolute Gasteiger partial charge is 0.476 e. The summed E-state index contributed by atoms with van der Waals surface area (Å²) in [5, 5.41) is 31.0. The quantitative estimate of drug-likeness (QED) is 0.305. The van der Waals surface area contributed by atoms with E-state index in [1.807, 2.05) is 6.08 Å². The highest BCUT2D eigenvalue weighted by Gasteiger charge is 2.33. The Morgan fingerprint density at radius 2 is 2.13 bits per heavy atom. The number of carboxylic acids is 1. The third kappa shape index (κ3) is 7.72. The molecule has 1 aliphatic rings. The van der Waals surface area contributed by atoms with Gasteiger partial charge in [-0.25, -0.2) is 14.2 Å². The summed E-state index contributed by atoms with van der Waals surface area (Å²) >= 11 is 2.73. The molecule has 2 rings (SSSR count). The number of hydrogen-bond acceptors (Lipinski definition) is 6. The predicted molar refractivity (Wildman–Crippen MR) is 111 cm³/mol. The molecule has 168 valence electrons. The van der Waals surface area contributed by atoms with Crippen molar-refractivity contribution in [2.45, 2.75) is 61.5 Å². The summed E-state index contributed by atoms with van der Waals surface area (Å²) in [6, 6.07) is 0. The molecule has 30 heavy (non-hydrogen) atoms. The van der Waals surface area contributed by atoms with Gasteiger partial charge in [0.25, 0.3) is 0 Å². The van der Waals surface area contributed by atoms with Crippen LogP contribution in [0, 0.1) is 11.8 Å². The maximum atomic E-state index is 12.9. The highest BCUT2D eigenvalue weighted by atomic mass is 32.2. The van der Waals surface area contributed by atoms with Gasteiger partial charge in [0.15, 0.2) is 15.9 Å². The number of aromatic nitrogens is 1. The van der Waals surface area contributed by atoms with Crippen molar-refractivity contribution in [3.63, 3.8) is 0 Å². The lowest BCUT2D eigenvalue weighted by molar-refractivity contribution is 0.0521. The number of rotatable bonds is 11. The average molecular weight is 466 g/mol. The fourth-order valence-corrected chi connectivity index (χ4v) is 5.41. The Hall–Kier alpha value is -1.36. The second kappa shape index (κ2) is 11.3. The van der Waals surface area contributed by atoms with Crippen LogP contribution in [0.2, 0.25) is 0 Å². The lowest BCUT2D eigenvalue weighted by Gasteiger charge is -2.22. The number of nitrogens with zero attached hydrogens (tertiary/aromatic N) is 1. The van der Waals surface area contributed by atoms with Gasteiger partial charge in [-0.2, -0.15) is 8.78 Å². The fraction of sp³-hybridized carbons (Fsp3) is 0.600. The van der Waals surface area contributed by atoms with Crippen molar-refractivity contribution in [2.24, 2.45) is 11.8 Å². The Labute approximate surface area is 181 Å². The molecule has 0 spiro atoms. The van der Waals surface area contributed by atoms with E-state index in [1.54, 1.807) is 6.08 Å². The SMILES string of the molecule is CC(O)(C/C=C/[C@H]1CC[C@H](O)[C@@H]1CCSc1nc(C(=O)O)cs1)CCC(F)=C(F)F.